The summed E-state index contributed by atoms with van der Waals surface area (Å²) in [7, 11) is -4.09. The third-order valence-electron chi connectivity index (χ3n) is 3.52. The van der Waals surface area contributed by atoms with Gasteiger partial charge in [-0.2, -0.15) is 0 Å². The molecule has 0 fully saturated rings. The molecule has 0 aliphatic rings. The molecule has 0 bridgehead atoms. The Morgan fingerprint density at radius 2 is 1.89 bits per heavy atom. The van der Waals surface area contributed by atoms with Gasteiger partial charge in [0.2, 0.25) is 10.0 Å². The minimum absolute atomic E-state index is 0.0150. The number of sulfonamides is 1. The molecule has 148 valence electrons. The predicted octanol–water partition coefficient (Wildman–Crippen LogP) is 3.30. The van der Waals surface area contributed by atoms with Crippen LogP contribution in [0.4, 0.5) is 11.4 Å². The van der Waals surface area contributed by atoms with Gasteiger partial charge in [0.05, 0.1) is 16.3 Å². The zero-order chi connectivity index (χ0) is 20.3. The third kappa shape index (κ3) is 4.87. The van der Waals surface area contributed by atoms with Gasteiger partial charge in [-0.25, -0.2) is 27.1 Å². The number of ether oxygens (including phenoxy) is 1. The van der Waals surface area contributed by atoms with Crippen LogP contribution in [0.15, 0.2) is 59.6 Å². The van der Waals surface area contributed by atoms with Crippen LogP contribution in [0.5, 0.6) is 5.75 Å². The molecule has 3 aromatic rings. The summed E-state index contributed by atoms with van der Waals surface area (Å²) in [5, 5.41) is 5.23. The Kier molecular flexibility index (Phi) is 6.33. The number of nitrogens with two attached hydrogens (primary N) is 1. The van der Waals surface area contributed by atoms with Gasteiger partial charge in [-0.05, 0) is 36.4 Å². The predicted molar refractivity (Wildman–Crippen MR) is 109 cm³/mol. The summed E-state index contributed by atoms with van der Waals surface area (Å²) >= 11 is 4.54. The van der Waals surface area contributed by atoms with Gasteiger partial charge in [0.15, 0.2) is 4.47 Å². The number of aromatic nitrogens is 1. The van der Waals surface area contributed by atoms with E-state index in [9.17, 15) is 17.2 Å². The molecule has 3 N–H and O–H groups in total. The summed E-state index contributed by atoms with van der Waals surface area (Å²) in [6.45, 7) is 0.271. The van der Waals surface area contributed by atoms with Crippen molar-refractivity contribution in [2.45, 2.75) is 11.5 Å². The second-order valence-electron chi connectivity index (χ2n) is 5.40. The quantitative estimate of drug-likeness (QED) is 0.522. The molecule has 2 aromatic carbocycles. The highest BCUT2D eigenvalue weighted by molar-refractivity contribution is 7.89. The Morgan fingerprint density at radius 1 is 1.21 bits per heavy atom. The van der Waals surface area contributed by atoms with Gasteiger partial charge in [0.1, 0.15) is 17.3 Å². The molecule has 1 atom stereocenters. The molecule has 0 aliphatic heterocycles. The number of nitrogens with zero attached hydrogens (tertiary/aromatic N) is 2. The number of thiazole rings is 1. The molecule has 0 aliphatic carbocycles. The fourth-order valence-corrected chi connectivity index (χ4v) is 4.66. The Morgan fingerprint density at radius 3 is 2.46 bits per heavy atom. The van der Waals surface area contributed by atoms with Gasteiger partial charge in [0, 0.05) is 6.20 Å². The average Bonchev–Trinajstić information content (AvgIpc) is 3.06. The van der Waals surface area contributed by atoms with Crippen molar-refractivity contribution in [3.05, 3.63) is 64.1 Å². The normalized spacial score (nSPS) is 12.5. The molecule has 1 heterocycles. The molecule has 1 unspecified atom stereocenters. The molecule has 3 rings (SSSR count). The molecule has 28 heavy (non-hydrogen) atoms. The fourth-order valence-electron chi connectivity index (χ4n) is 2.36. The lowest BCUT2D eigenvalue weighted by Crippen LogP contribution is -2.23. The Labute approximate surface area is 173 Å². The molecule has 0 amide bonds. The van der Waals surface area contributed by atoms with E-state index in [1.165, 1.54) is 41.7 Å². The topological polar surface area (TPSA) is 123 Å². The maximum absolute atomic E-state index is 11.9. The SMILES string of the molecule is NS(=O)(=O)c1ccccc1N(c1ccc(OCc2cnc(Cl)s2)cc1)S(=O)O. The summed E-state index contributed by atoms with van der Waals surface area (Å²) in [6.07, 6.45) is 1.61. The summed E-state index contributed by atoms with van der Waals surface area (Å²) in [6, 6.07) is 11.9. The lowest BCUT2D eigenvalue weighted by atomic mass is 10.2. The largest absolute Gasteiger partial charge is 0.488 e. The van der Waals surface area contributed by atoms with E-state index < -0.39 is 21.3 Å². The Balaban J connectivity index is 1.87. The first-order valence-electron chi connectivity index (χ1n) is 7.61. The zero-order valence-corrected chi connectivity index (χ0v) is 17.3. The first-order valence-corrected chi connectivity index (χ1v) is 11.4. The first kappa shape index (κ1) is 20.7. The molecule has 0 saturated carbocycles. The molecule has 12 heteroatoms. The van der Waals surface area contributed by atoms with Crippen LogP contribution in [0.1, 0.15) is 4.88 Å². The van der Waals surface area contributed by atoms with E-state index in [2.05, 4.69) is 4.98 Å². The van der Waals surface area contributed by atoms with E-state index >= 15 is 0 Å². The van der Waals surface area contributed by atoms with Crippen molar-refractivity contribution in [2.75, 3.05) is 4.31 Å². The lowest BCUT2D eigenvalue weighted by molar-refractivity contribution is 0.309. The Hall–Kier alpha value is -2.02. The molecule has 8 nitrogen and oxygen atoms in total. The van der Waals surface area contributed by atoms with E-state index in [0.29, 0.717) is 10.2 Å². The highest BCUT2D eigenvalue weighted by atomic mass is 35.5. The minimum atomic E-state index is -4.09. The van der Waals surface area contributed by atoms with Crippen LogP contribution in [0.2, 0.25) is 4.47 Å². The number of halogens is 1. The number of hydrogen-bond acceptors (Lipinski definition) is 6. The Bertz CT molecular complexity index is 1100. The molecule has 0 saturated heterocycles. The van der Waals surface area contributed by atoms with Crippen LogP contribution in [0.3, 0.4) is 0 Å². The van der Waals surface area contributed by atoms with Crippen molar-refractivity contribution in [3.8, 4) is 5.75 Å². The highest BCUT2D eigenvalue weighted by Crippen LogP contribution is 2.33. The zero-order valence-electron chi connectivity index (χ0n) is 14.1. The summed E-state index contributed by atoms with van der Waals surface area (Å²) < 4.78 is 52.3. The van der Waals surface area contributed by atoms with Crippen LogP contribution in [-0.2, 0) is 27.9 Å². The van der Waals surface area contributed by atoms with Gasteiger partial charge < -0.3 is 4.74 Å². The first-order chi connectivity index (χ1) is 13.3. The van der Waals surface area contributed by atoms with Crippen molar-refractivity contribution in [1.82, 2.24) is 4.98 Å². The standard InChI is InChI=1S/C16H14ClN3O5S3/c17-16-19-9-13(26-16)10-25-12-7-5-11(6-8-12)20(27(21)22)14-3-1-2-4-15(14)28(18,23)24/h1-9H,10H2,(H,21,22)(H2,18,23,24). The van der Waals surface area contributed by atoms with Crippen molar-refractivity contribution < 1.29 is 21.9 Å². The fraction of sp³-hybridized carbons (Fsp3) is 0.0625. The van der Waals surface area contributed by atoms with E-state index in [-0.39, 0.29) is 22.9 Å². The van der Waals surface area contributed by atoms with Crippen LogP contribution < -0.4 is 14.2 Å². The maximum atomic E-state index is 11.9. The van der Waals surface area contributed by atoms with Gasteiger partial charge in [0.25, 0.3) is 11.3 Å². The van der Waals surface area contributed by atoms with E-state index in [4.69, 9.17) is 21.5 Å². The molecule has 0 radical (unpaired) electrons. The van der Waals surface area contributed by atoms with Gasteiger partial charge in [-0.1, -0.05) is 23.7 Å². The second-order valence-corrected chi connectivity index (χ2v) is 9.45. The van der Waals surface area contributed by atoms with E-state index in [0.717, 1.165) is 9.18 Å². The van der Waals surface area contributed by atoms with Gasteiger partial charge >= 0.3 is 0 Å². The van der Waals surface area contributed by atoms with Gasteiger partial charge in [-0.15, -0.1) is 11.3 Å². The molecule has 1 aromatic heterocycles. The maximum Gasteiger partial charge on any atom is 0.266 e. The van der Waals surface area contributed by atoms with Crippen molar-refractivity contribution in [1.29, 1.82) is 0 Å². The average molecular weight is 460 g/mol. The van der Waals surface area contributed by atoms with Crippen molar-refractivity contribution in [3.63, 3.8) is 0 Å². The van der Waals surface area contributed by atoms with Crippen molar-refractivity contribution in [2.24, 2.45) is 5.14 Å². The summed E-state index contributed by atoms with van der Waals surface area (Å²) in [4.78, 5) is 4.50. The number of para-hydroxylation sites is 1. The van der Waals surface area contributed by atoms with Crippen LogP contribution in [0.25, 0.3) is 0 Å². The lowest BCUT2D eigenvalue weighted by Gasteiger charge is -2.22. The minimum Gasteiger partial charge on any atom is -0.488 e. The number of benzene rings is 2. The van der Waals surface area contributed by atoms with Crippen LogP contribution in [0, 0.1) is 0 Å². The van der Waals surface area contributed by atoms with Crippen LogP contribution in [-0.4, -0.2) is 22.2 Å². The number of rotatable bonds is 7. The second kappa shape index (κ2) is 8.55. The number of anilines is 2. The molecular formula is C16H14ClN3O5S3. The summed E-state index contributed by atoms with van der Waals surface area (Å²) in [5.74, 6) is 0.511. The van der Waals surface area contributed by atoms with E-state index in [1.54, 1.807) is 24.4 Å². The monoisotopic (exact) mass is 459 g/mol. The van der Waals surface area contributed by atoms with Crippen LogP contribution >= 0.6 is 22.9 Å². The molecule has 0 spiro atoms. The number of hydrogen-bond donors (Lipinski definition) is 2. The van der Waals surface area contributed by atoms with Gasteiger partial charge in [-0.3, -0.25) is 4.55 Å². The van der Waals surface area contributed by atoms with E-state index in [1.807, 2.05) is 0 Å². The van der Waals surface area contributed by atoms with Crippen molar-refractivity contribution >= 4 is 55.6 Å². The smallest absolute Gasteiger partial charge is 0.266 e. The number of primary sulfonamides is 1. The molecular weight excluding hydrogens is 446 g/mol. The third-order valence-corrected chi connectivity index (χ3v) is 6.29. The highest BCUT2D eigenvalue weighted by Gasteiger charge is 2.23. The summed E-state index contributed by atoms with van der Waals surface area (Å²) in [5.41, 5.74) is 0.268.